The summed E-state index contributed by atoms with van der Waals surface area (Å²) < 4.78 is 0. The zero-order chi connectivity index (χ0) is 29.5. The molecule has 0 spiro atoms. The van der Waals surface area contributed by atoms with Gasteiger partial charge in [-0.15, -0.1) is 0 Å². The minimum Gasteiger partial charge on any atom is -0.330 e. The summed E-state index contributed by atoms with van der Waals surface area (Å²) in [5.74, 6) is 5.03. The molecular weight excluding hydrogens is 542 g/mol. The Kier molecular flexibility index (Phi) is 6.97. The summed E-state index contributed by atoms with van der Waals surface area (Å²) in [5, 5.41) is 0. The van der Waals surface area contributed by atoms with Crippen molar-refractivity contribution in [3.8, 4) is 0 Å². The molecule has 5 heteroatoms. The number of nitrogens with zero attached hydrogens (tertiary/aromatic N) is 3. The van der Waals surface area contributed by atoms with Gasteiger partial charge in [-0.25, -0.2) is 0 Å². The third-order valence-electron chi connectivity index (χ3n) is 14.6. The number of amides is 2. The lowest BCUT2D eigenvalue weighted by Crippen LogP contribution is -2.65. The molecule has 1 heterocycles. The van der Waals surface area contributed by atoms with E-state index >= 15 is 9.59 Å². The van der Waals surface area contributed by atoms with Crippen molar-refractivity contribution < 1.29 is 9.59 Å². The van der Waals surface area contributed by atoms with E-state index in [9.17, 15) is 0 Å². The predicted molar refractivity (Wildman–Crippen MR) is 172 cm³/mol. The van der Waals surface area contributed by atoms with Gasteiger partial charge in [0, 0.05) is 35.6 Å². The Morgan fingerprint density at radius 1 is 0.545 bits per heavy atom. The van der Waals surface area contributed by atoms with Crippen molar-refractivity contribution in [2.24, 2.45) is 35.5 Å². The quantitative estimate of drug-likeness (QED) is 0.330. The lowest BCUT2D eigenvalue weighted by Gasteiger charge is -2.62. The molecule has 10 saturated carbocycles. The molecule has 11 rings (SSSR count). The van der Waals surface area contributed by atoms with Gasteiger partial charge in [0.2, 0.25) is 0 Å². The van der Waals surface area contributed by atoms with Crippen LogP contribution in [-0.4, -0.2) is 49.8 Å². The first-order chi connectivity index (χ1) is 21.5. The summed E-state index contributed by atoms with van der Waals surface area (Å²) in [6.45, 7) is 0. The van der Waals surface area contributed by atoms with E-state index < -0.39 is 0 Å². The van der Waals surface area contributed by atoms with Crippen LogP contribution in [0.15, 0.2) is 18.5 Å². The Morgan fingerprint density at radius 2 is 0.909 bits per heavy atom. The van der Waals surface area contributed by atoms with Crippen LogP contribution in [0.1, 0.15) is 162 Å². The van der Waals surface area contributed by atoms with E-state index in [1.54, 1.807) is 12.4 Å². The average molecular weight is 598 g/mol. The Hall–Kier alpha value is -1.91. The number of carbonyl (C=O) groups is 2. The minimum absolute atomic E-state index is 0.000407. The molecule has 0 aliphatic heterocycles. The molecule has 10 aliphatic carbocycles. The predicted octanol–water partition coefficient (Wildman–Crippen LogP) is 8.57. The molecule has 1 aromatic rings. The molecule has 44 heavy (non-hydrogen) atoms. The Morgan fingerprint density at radius 3 is 1.30 bits per heavy atom. The van der Waals surface area contributed by atoms with Crippen LogP contribution in [-0.2, 0) is 0 Å². The second-order valence-electron chi connectivity index (χ2n) is 17.6. The van der Waals surface area contributed by atoms with Gasteiger partial charge >= 0.3 is 0 Å². The van der Waals surface area contributed by atoms with Crippen LogP contribution in [0.5, 0.6) is 0 Å². The minimum atomic E-state index is -0.00696. The number of aromatic nitrogens is 1. The van der Waals surface area contributed by atoms with Gasteiger partial charge in [0.05, 0.1) is 11.1 Å². The first kappa shape index (κ1) is 28.3. The fraction of sp³-hybridized carbons (Fsp3) is 0.821. The monoisotopic (exact) mass is 597 g/mol. The summed E-state index contributed by atoms with van der Waals surface area (Å²) in [6.07, 6.45) is 31.0. The molecule has 2 amide bonds. The van der Waals surface area contributed by atoms with E-state index in [1.807, 2.05) is 6.07 Å². The SMILES string of the molecule is O=C(c1ccncc1C(=O)N(C1CCCCC1)C12CC3CC(CC(C3)C1)C2)N(C1CCCCC1)C12CC3CC(CC(C3)C1)C2. The molecule has 238 valence electrons. The summed E-state index contributed by atoms with van der Waals surface area (Å²) in [7, 11) is 0. The topological polar surface area (TPSA) is 53.5 Å². The van der Waals surface area contributed by atoms with Crippen LogP contribution in [0, 0.1) is 35.5 Å². The fourth-order valence-electron chi connectivity index (χ4n) is 13.9. The third-order valence-corrected chi connectivity index (χ3v) is 14.6. The van der Waals surface area contributed by atoms with Crippen LogP contribution in [0.2, 0.25) is 0 Å². The number of carbonyl (C=O) groups excluding carboxylic acids is 2. The zero-order valence-corrected chi connectivity index (χ0v) is 27.1. The first-order valence-electron chi connectivity index (χ1n) is 19.1. The number of hydrogen-bond donors (Lipinski definition) is 0. The van der Waals surface area contributed by atoms with E-state index in [2.05, 4.69) is 14.8 Å². The second kappa shape index (κ2) is 10.8. The summed E-state index contributed by atoms with van der Waals surface area (Å²) in [5.41, 5.74) is 1.27. The van der Waals surface area contributed by atoms with Crippen molar-refractivity contribution in [2.45, 2.75) is 164 Å². The number of pyridine rings is 1. The smallest absolute Gasteiger partial charge is 0.256 e. The van der Waals surface area contributed by atoms with E-state index in [0.717, 1.165) is 61.2 Å². The lowest BCUT2D eigenvalue weighted by molar-refractivity contribution is -0.0929. The van der Waals surface area contributed by atoms with Crippen LogP contribution in [0.4, 0.5) is 0 Å². The Balaban J connectivity index is 1.10. The molecule has 0 aromatic carbocycles. The highest BCUT2D eigenvalue weighted by Crippen LogP contribution is 2.60. The fourth-order valence-corrected chi connectivity index (χ4v) is 13.9. The largest absolute Gasteiger partial charge is 0.330 e. The van der Waals surface area contributed by atoms with Crippen LogP contribution >= 0.6 is 0 Å². The normalized spacial score (nSPS) is 41.2. The number of hydrogen-bond acceptors (Lipinski definition) is 3. The van der Waals surface area contributed by atoms with Crippen molar-refractivity contribution in [3.63, 3.8) is 0 Å². The molecule has 10 fully saturated rings. The van der Waals surface area contributed by atoms with Crippen molar-refractivity contribution in [1.82, 2.24) is 14.8 Å². The van der Waals surface area contributed by atoms with Gasteiger partial charge in [-0.05, 0) is 144 Å². The van der Waals surface area contributed by atoms with Gasteiger partial charge < -0.3 is 9.80 Å². The molecule has 0 radical (unpaired) electrons. The third kappa shape index (κ3) is 4.62. The van der Waals surface area contributed by atoms with Gasteiger partial charge in [-0.2, -0.15) is 0 Å². The van der Waals surface area contributed by atoms with Crippen molar-refractivity contribution in [3.05, 3.63) is 29.6 Å². The maximum Gasteiger partial charge on any atom is 0.256 e. The summed E-state index contributed by atoms with van der Waals surface area (Å²) in [6, 6.07) is 2.57. The Bertz CT molecular complexity index is 1110. The molecular formula is C39H55N3O2. The highest BCUT2D eigenvalue weighted by Gasteiger charge is 2.58. The second-order valence-corrected chi connectivity index (χ2v) is 17.6. The van der Waals surface area contributed by atoms with Gasteiger partial charge in [0.1, 0.15) is 0 Å². The standard InChI is InChI=1S/C39H55N3O2/c43-36(41(32-7-3-1-4-8-32)38-19-26-13-27(20-38)15-28(14-26)21-38)34-11-12-40-25-35(34)37(44)42(33-9-5-2-6-10-33)39-22-29-16-30(23-39)18-31(17-29)24-39/h11-12,25-33H,1-10,13-24H2. The maximum atomic E-state index is 15.3. The Labute approximate surface area is 265 Å². The van der Waals surface area contributed by atoms with E-state index in [-0.39, 0.29) is 22.9 Å². The van der Waals surface area contributed by atoms with Crippen LogP contribution < -0.4 is 0 Å². The first-order valence-corrected chi connectivity index (χ1v) is 19.1. The summed E-state index contributed by atoms with van der Waals surface area (Å²) >= 11 is 0. The molecule has 5 nitrogen and oxygen atoms in total. The van der Waals surface area contributed by atoms with Crippen LogP contribution in [0.25, 0.3) is 0 Å². The van der Waals surface area contributed by atoms with E-state index in [1.165, 1.54) is 116 Å². The van der Waals surface area contributed by atoms with Crippen molar-refractivity contribution in [1.29, 1.82) is 0 Å². The van der Waals surface area contributed by atoms with Gasteiger partial charge in [-0.3, -0.25) is 14.6 Å². The summed E-state index contributed by atoms with van der Waals surface area (Å²) in [4.78, 5) is 40.0. The van der Waals surface area contributed by atoms with E-state index in [0.29, 0.717) is 23.2 Å². The molecule has 0 N–H and O–H groups in total. The van der Waals surface area contributed by atoms with Crippen molar-refractivity contribution in [2.75, 3.05) is 0 Å². The van der Waals surface area contributed by atoms with Crippen molar-refractivity contribution >= 4 is 11.8 Å². The average Bonchev–Trinajstić information content (AvgIpc) is 3.01. The van der Waals surface area contributed by atoms with E-state index in [4.69, 9.17) is 0 Å². The van der Waals surface area contributed by atoms with Gasteiger partial charge in [0.15, 0.2) is 0 Å². The van der Waals surface area contributed by atoms with Crippen LogP contribution in [0.3, 0.4) is 0 Å². The highest BCUT2D eigenvalue weighted by atomic mass is 16.2. The molecule has 1 aromatic heterocycles. The molecule has 0 atom stereocenters. The van der Waals surface area contributed by atoms with Gasteiger partial charge in [-0.1, -0.05) is 38.5 Å². The highest BCUT2D eigenvalue weighted by molar-refractivity contribution is 6.07. The lowest BCUT2D eigenvalue weighted by atomic mass is 9.52. The molecule has 0 saturated heterocycles. The molecule has 10 aliphatic rings. The molecule has 0 unspecified atom stereocenters. The number of rotatable bonds is 6. The zero-order valence-electron chi connectivity index (χ0n) is 27.1. The molecule has 8 bridgehead atoms. The maximum absolute atomic E-state index is 15.3. The van der Waals surface area contributed by atoms with Gasteiger partial charge in [0.25, 0.3) is 11.8 Å².